The lowest BCUT2D eigenvalue weighted by atomic mass is 10.2. The zero-order valence-corrected chi connectivity index (χ0v) is 19.8. The molecule has 0 spiro atoms. The molecular formula is C27H29N3O5. The van der Waals surface area contributed by atoms with Gasteiger partial charge < -0.3 is 29.3 Å². The highest BCUT2D eigenvalue weighted by atomic mass is 16.5. The molecule has 0 unspecified atom stereocenters. The molecule has 0 saturated heterocycles. The molecule has 0 bridgehead atoms. The van der Waals surface area contributed by atoms with Crippen LogP contribution in [0.2, 0.25) is 0 Å². The number of nitrogens with one attached hydrogen (secondary N) is 2. The summed E-state index contributed by atoms with van der Waals surface area (Å²) in [5, 5.41) is 11.8. The number of aliphatic hydroxyl groups excluding tert-OH is 1. The summed E-state index contributed by atoms with van der Waals surface area (Å²) in [5.41, 5.74) is 3.93. The number of carbonyl (C=O) groups excluding carboxylic acids is 1. The number of furan rings is 1. The van der Waals surface area contributed by atoms with Crippen molar-refractivity contribution in [1.29, 1.82) is 0 Å². The van der Waals surface area contributed by atoms with Gasteiger partial charge in [-0.25, -0.2) is 4.79 Å². The van der Waals surface area contributed by atoms with E-state index < -0.39 is 5.97 Å². The minimum atomic E-state index is -0.497. The van der Waals surface area contributed by atoms with Crippen LogP contribution in [0.1, 0.15) is 21.5 Å². The van der Waals surface area contributed by atoms with E-state index in [-0.39, 0.29) is 13.2 Å². The molecule has 3 N–H and O–H groups in total. The van der Waals surface area contributed by atoms with Crippen LogP contribution in [0, 0.1) is 13.8 Å². The van der Waals surface area contributed by atoms with E-state index in [0.717, 1.165) is 29.3 Å². The number of ether oxygens (including phenoxy) is 2. The van der Waals surface area contributed by atoms with Gasteiger partial charge in [-0.3, -0.25) is 4.98 Å². The summed E-state index contributed by atoms with van der Waals surface area (Å²) >= 11 is 0. The van der Waals surface area contributed by atoms with E-state index in [1.165, 1.54) is 0 Å². The quantitative estimate of drug-likeness (QED) is 0.216. The summed E-state index contributed by atoms with van der Waals surface area (Å²) < 4.78 is 15.8. The van der Waals surface area contributed by atoms with Gasteiger partial charge in [-0.15, -0.1) is 6.58 Å². The van der Waals surface area contributed by atoms with Crippen molar-refractivity contribution in [3.63, 3.8) is 0 Å². The Morgan fingerprint density at radius 1 is 1.20 bits per heavy atom. The smallest absolute Gasteiger partial charge is 0.339 e. The van der Waals surface area contributed by atoms with E-state index in [0.29, 0.717) is 22.7 Å². The number of H-pyrrole nitrogens is 1. The van der Waals surface area contributed by atoms with Gasteiger partial charge in [0, 0.05) is 30.6 Å². The number of carbonyl (C=O) groups is 1. The van der Waals surface area contributed by atoms with Crippen molar-refractivity contribution >= 4 is 11.9 Å². The summed E-state index contributed by atoms with van der Waals surface area (Å²) in [6.45, 7) is 8.09. The van der Waals surface area contributed by atoms with Gasteiger partial charge in [-0.05, 0) is 49.7 Å². The number of benzene rings is 1. The third kappa shape index (κ3) is 7.62. The predicted octanol–water partition coefficient (Wildman–Crippen LogP) is 5.51. The first-order chi connectivity index (χ1) is 17.0. The number of hydrogen-bond acceptors (Lipinski definition) is 7. The Balaban J connectivity index is 0.000000287. The fraction of sp³-hybridized carbons (Fsp3) is 0.185. The molecule has 0 atom stereocenters. The first kappa shape index (κ1) is 25.3. The number of aromatic amines is 1. The summed E-state index contributed by atoms with van der Waals surface area (Å²) in [7, 11) is 0. The van der Waals surface area contributed by atoms with Crippen molar-refractivity contribution < 1.29 is 23.8 Å². The predicted molar refractivity (Wildman–Crippen MR) is 135 cm³/mol. The fourth-order valence-corrected chi connectivity index (χ4v) is 3.04. The lowest BCUT2D eigenvalue weighted by Gasteiger charge is -2.07. The molecular weight excluding hydrogens is 446 g/mol. The first-order valence-corrected chi connectivity index (χ1v) is 11.1. The number of esters is 1. The van der Waals surface area contributed by atoms with Crippen molar-refractivity contribution in [3.8, 4) is 22.9 Å². The van der Waals surface area contributed by atoms with Gasteiger partial charge in [0.1, 0.15) is 18.1 Å². The molecule has 0 aliphatic carbocycles. The molecule has 0 amide bonds. The van der Waals surface area contributed by atoms with Crippen molar-refractivity contribution in [2.24, 2.45) is 0 Å². The molecule has 0 aliphatic rings. The number of aryl methyl sites for hydroxylation is 2. The maximum atomic E-state index is 11.8. The normalized spacial score (nSPS) is 10.1. The molecule has 8 heteroatoms. The SMILES string of the molecule is C=CCNc1occc1C.Cc1cccc(Oc2ccnc(-c3cc(C(=O)OCCO)c[nH]3)c2)c1. The molecule has 0 radical (unpaired) electrons. The number of nitrogens with zero attached hydrogens (tertiary/aromatic N) is 1. The molecule has 182 valence electrons. The van der Waals surface area contributed by atoms with Crippen molar-refractivity contribution in [2.45, 2.75) is 13.8 Å². The summed E-state index contributed by atoms with van der Waals surface area (Å²) in [6, 6.07) is 14.9. The molecule has 4 aromatic rings. The van der Waals surface area contributed by atoms with E-state index >= 15 is 0 Å². The first-order valence-electron chi connectivity index (χ1n) is 11.1. The van der Waals surface area contributed by atoms with Crippen LogP contribution in [0.5, 0.6) is 11.5 Å². The van der Waals surface area contributed by atoms with Gasteiger partial charge in [0.25, 0.3) is 0 Å². The Bertz CT molecular complexity index is 1240. The minimum Gasteiger partial charge on any atom is -0.460 e. The van der Waals surface area contributed by atoms with Gasteiger partial charge in [-0.1, -0.05) is 18.2 Å². The van der Waals surface area contributed by atoms with E-state index in [1.54, 1.807) is 42.9 Å². The largest absolute Gasteiger partial charge is 0.460 e. The minimum absolute atomic E-state index is 0.0303. The molecule has 3 heterocycles. The van der Waals surface area contributed by atoms with Crippen LogP contribution in [0.15, 0.2) is 84.3 Å². The maximum Gasteiger partial charge on any atom is 0.339 e. The molecule has 35 heavy (non-hydrogen) atoms. The monoisotopic (exact) mass is 475 g/mol. The highest BCUT2D eigenvalue weighted by Crippen LogP contribution is 2.26. The second-order valence-corrected chi connectivity index (χ2v) is 7.56. The van der Waals surface area contributed by atoms with E-state index in [9.17, 15) is 4.79 Å². The van der Waals surface area contributed by atoms with E-state index in [1.807, 2.05) is 44.2 Å². The standard InChI is InChI=1S/C19H18N2O4.C8H11NO/c1-13-3-2-4-15(9-13)25-16-5-6-20-18(11-16)17-10-14(12-21-17)19(23)24-8-7-22;1-3-5-9-8-7(2)4-6-10-8/h2-6,9-12,21-22H,7-8H2,1H3;3-4,6,9H,1,5H2,2H3. The van der Waals surface area contributed by atoms with Gasteiger partial charge in [-0.2, -0.15) is 0 Å². The van der Waals surface area contributed by atoms with Crippen LogP contribution in [0.25, 0.3) is 11.4 Å². The topological polar surface area (TPSA) is 110 Å². The third-order valence-electron chi connectivity index (χ3n) is 4.74. The van der Waals surface area contributed by atoms with Crippen molar-refractivity contribution in [1.82, 2.24) is 9.97 Å². The fourth-order valence-electron chi connectivity index (χ4n) is 3.04. The zero-order chi connectivity index (χ0) is 25.0. The van der Waals surface area contributed by atoms with Gasteiger partial charge in [0.2, 0.25) is 0 Å². The number of aromatic nitrogens is 2. The molecule has 8 nitrogen and oxygen atoms in total. The van der Waals surface area contributed by atoms with Gasteiger partial charge in [0.15, 0.2) is 5.88 Å². The highest BCUT2D eigenvalue weighted by Gasteiger charge is 2.12. The summed E-state index contributed by atoms with van der Waals surface area (Å²) in [4.78, 5) is 19.1. The van der Waals surface area contributed by atoms with Crippen LogP contribution in [0.4, 0.5) is 5.88 Å². The van der Waals surface area contributed by atoms with E-state index in [2.05, 4.69) is 21.9 Å². The summed E-state index contributed by atoms with van der Waals surface area (Å²) in [5.74, 6) is 1.73. The Morgan fingerprint density at radius 3 is 2.74 bits per heavy atom. The number of hydrogen-bond donors (Lipinski definition) is 3. The average Bonchev–Trinajstić information content (AvgIpc) is 3.51. The maximum absolute atomic E-state index is 11.8. The van der Waals surface area contributed by atoms with Crippen LogP contribution in [-0.2, 0) is 4.74 Å². The number of aliphatic hydroxyl groups is 1. The van der Waals surface area contributed by atoms with Gasteiger partial charge >= 0.3 is 5.97 Å². The van der Waals surface area contributed by atoms with Crippen molar-refractivity contribution in [2.75, 3.05) is 25.1 Å². The van der Waals surface area contributed by atoms with Crippen molar-refractivity contribution in [3.05, 3.63) is 96.5 Å². The summed E-state index contributed by atoms with van der Waals surface area (Å²) in [6.07, 6.45) is 6.65. The Kier molecular flexibility index (Phi) is 9.27. The van der Waals surface area contributed by atoms with Crippen LogP contribution < -0.4 is 10.1 Å². The second kappa shape index (κ2) is 12.8. The number of anilines is 1. The molecule has 0 aliphatic heterocycles. The Morgan fingerprint density at radius 2 is 2.03 bits per heavy atom. The molecule has 0 saturated carbocycles. The second-order valence-electron chi connectivity index (χ2n) is 7.56. The zero-order valence-electron chi connectivity index (χ0n) is 19.8. The number of rotatable bonds is 9. The van der Waals surface area contributed by atoms with Crippen LogP contribution in [-0.4, -0.2) is 40.8 Å². The molecule has 3 aromatic heterocycles. The molecule has 1 aromatic carbocycles. The third-order valence-corrected chi connectivity index (χ3v) is 4.74. The lowest BCUT2D eigenvalue weighted by molar-refractivity contribution is 0.0434. The Hall–Kier alpha value is -4.30. The van der Waals surface area contributed by atoms with Gasteiger partial charge in [0.05, 0.1) is 29.8 Å². The Labute approximate surface area is 204 Å². The van der Waals surface area contributed by atoms with E-state index in [4.69, 9.17) is 19.0 Å². The van der Waals surface area contributed by atoms with Crippen LogP contribution in [0.3, 0.4) is 0 Å². The van der Waals surface area contributed by atoms with Crippen LogP contribution >= 0.6 is 0 Å². The lowest BCUT2D eigenvalue weighted by Crippen LogP contribution is -2.07. The average molecular weight is 476 g/mol. The molecule has 4 rings (SSSR count). The number of pyridine rings is 1. The highest BCUT2D eigenvalue weighted by molar-refractivity contribution is 5.90. The molecule has 0 fully saturated rings.